The highest BCUT2D eigenvalue weighted by molar-refractivity contribution is 5.72. The Morgan fingerprint density at radius 2 is 2.10 bits per heavy atom. The monoisotopic (exact) mass is 276 g/mol. The van der Waals surface area contributed by atoms with Gasteiger partial charge in [0.15, 0.2) is 0 Å². The molecule has 0 fully saturated rings. The number of carbonyl (C=O) groups excluding carboxylic acids is 1. The molecule has 1 aromatic heterocycles. The number of hydrogen-bond acceptors (Lipinski definition) is 6. The number of carbonyl (C=O) groups is 1. The summed E-state index contributed by atoms with van der Waals surface area (Å²) in [6.45, 7) is 0.300. The van der Waals surface area contributed by atoms with E-state index in [0.717, 1.165) is 11.1 Å². The summed E-state index contributed by atoms with van der Waals surface area (Å²) in [6.07, 6.45) is 1.43. The van der Waals surface area contributed by atoms with Gasteiger partial charge in [-0.05, 0) is 16.1 Å². The molecule has 8 nitrogen and oxygen atoms in total. The highest BCUT2D eigenvalue weighted by atomic mass is 16.6. The third-order valence-corrected chi connectivity index (χ3v) is 2.70. The van der Waals surface area contributed by atoms with Crippen LogP contribution in [0.1, 0.15) is 11.1 Å². The largest absolute Gasteiger partial charge is 0.490 e. The molecule has 0 aliphatic rings. The third-order valence-electron chi connectivity index (χ3n) is 2.70. The number of nitrogens with zero attached hydrogens (tertiary/aromatic N) is 4. The van der Waals surface area contributed by atoms with Gasteiger partial charge in [0, 0.05) is 5.10 Å². The first-order valence-electron chi connectivity index (χ1n) is 5.77. The lowest BCUT2D eigenvalue weighted by atomic mass is 10.0. The molecule has 0 aliphatic heterocycles. The SMILES string of the molecule is COC(=O)Cc1ccccc1Cn1cnc([N+](=O)[O-])n1. The van der Waals surface area contributed by atoms with Crippen LogP contribution in [0.2, 0.25) is 0 Å². The number of esters is 1. The van der Waals surface area contributed by atoms with Gasteiger partial charge in [0.1, 0.15) is 0 Å². The van der Waals surface area contributed by atoms with Crippen LogP contribution in [0.4, 0.5) is 5.95 Å². The Kier molecular flexibility index (Phi) is 4.04. The Morgan fingerprint density at radius 1 is 1.40 bits per heavy atom. The Labute approximate surface area is 114 Å². The van der Waals surface area contributed by atoms with Gasteiger partial charge < -0.3 is 14.9 Å². The van der Waals surface area contributed by atoms with Crippen molar-refractivity contribution in [2.24, 2.45) is 0 Å². The molecule has 0 spiro atoms. The van der Waals surface area contributed by atoms with E-state index >= 15 is 0 Å². The van der Waals surface area contributed by atoms with Crippen molar-refractivity contribution < 1.29 is 14.5 Å². The first kappa shape index (κ1) is 13.7. The molecule has 1 heterocycles. The average Bonchev–Trinajstić information content (AvgIpc) is 2.89. The molecule has 0 aliphatic carbocycles. The second-order valence-electron chi connectivity index (χ2n) is 4.02. The van der Waals surface area contributed by atoms with Gasteiger partial charge in [0.25, 0.3) is 0 Å². The second-order valence-corrected chi connectivity index (χ2v) is 4.02. The third kappa shape index (κ3) is 3.16. The lowest BCUT2D eigenvalue weighted by Crippen LogP contribution is -2.09. The van der Waals surface area contributed by atoms with Crippen LogP contribution in [-0.4, -0.2) is 32.8 Å². The smallest absolute Gasteiger partial charge is 0.469 e. The number of methoxy groups -OCH3 is 1. The highest BCUT2D eigenvalue weighted by Crippen LogP contribution is 2.12. The van der Waals surface area contributed by atoms with Crippen LogP contribution in [0.3, 0.4) is 0 Å². The quantitative estimate of drug-likeness (QED) is 0.458. The van der Waals surface area contributed by atoms with Crippen LogP contribution in [0.25, 0.3) is 0 Å². The number of benzene rings is 1. The van der Waals surface area contributed by atoms with Crippen LogP contribution < -0.4 is 0 Å². The molecule has 0 unspecified atom stereocenters. The standard InChI is InChI=1S/C12H12N4O4/c1-20-11(17)6-9-4-2-3-5-10(9)7-15-8-13-12(14-15)16(18)19/h2-5,8H,6-7H2,1H3. The van der Waals surface area contributed by atoms with E-state index in [2.05, 4.69) is 14.8 Å². The van der Waals surface area contributed by atoms with Crippen LogP contribution in [0.15, 0.2) is 30.6 Å². The summed E-state index contributed by atoms with van der Waals surface area (Å²) in [4.78, 5) is 24.8. The van der Waals surface area contributed by atoms with E-state index in [0.29, 0.717) is 6.54 Å². The predicted molar refractivity (Wildman–Crippen MR) is 67.9 cm³/mol. The maximum Gasteiger partial charge on any atom is 0.490 e. The molecule has 0 radical (unpaired) electrons. The first-order valence-corrected chi connectivity index (χ1v) is 5.77. The van der Waals surface area contributed by atoms with Crippen molar-refractivity contribution in [3.05, 3.63) is 51.8 Å². The molecule has 0 amide bonds. The first-order chi connectivity index (χ1) is 9.60. The number of rotatable bonds is 5. The number of hydrogen-bond donors (Lipinski definition) is 0. The summed E-state index contributed by atoms with van der Waals surface area (Å²) in [6, 6.07) is 7.26. The van der Waals surface area contributed by atoms with Crippen molar-refractivity contribution in [1.82, 2.24) is 14.8 Å². The molecular formula is C12H12N4O4. The van der Waals surface area contributed by atoms with Crippen molar-refractivity contribution in [3.8, 4) is 0 Å². The zero-order chi connectivity index (χ0) is 14.5. The van der Waals surface area contributed by atoms with E-state index in [-0.39, 0.29) is 12.4 Å². The van der Waals surface area contributed by atoms with Crippen LogP contribution >= 0.6 is 0 Å². The molecule has 8 heteroatoms. The van der Waals surface area contributed by atoms with E-state index in [4.69, 9.17) is 0 Å². The maximum absolute atomic E-state index is 11.3. The van der Waals surface area contributed by atoms with Crippen LogP contribution in [-0.2, 0) is 22.5 Å². The van der Waals surface area contributed by atoms with Crippen LogP contribution in [0, 0.1) is 10.1 Å². The van der Waals surface area contributed by atoms with Crippen LogP contribution in [0.5, 0.6) is 0 Å². The van der Waals surface area contributed by atoms with Crippen molar-refractivity contribution in [2.75, 3.05) is 7.11 Å². The Bertz CT molecular complexity index is 638. The molecule has 1 aromatic carbocycles. The van der Waals surface area contributed by atoms with Gasteiger partial charge in [-0.2, -0.15) is 4.68 Å². The van der Waals surface area contributed by atoms with E-state index in [1.165, 1.54) is 18.1 Å². The fourth-order valence-electron chi connectivity index (χ4n) is 1.73. The highest BCUT2D eigenvalue weighted by Gasteiger charge is 2.15. The summed E-state index contributed by atoms with van der Waals surface area (Å²) < 4.78 is 5.99. The molecule has 2 aromatic rings. The molecule has 2 rings (SSSR count). The topological polar surface area (TPSA) is 100 Å². The number of nitro groups is 1. The van der Waals surface area contributed by atoms with Gasteiger partial charge in [-0.1, -0.05) is 29.2 Å². The Hall–Kier alpha value is -2.77. The van der Waals surface area contributed by atoms with Gasteiger partial charge >= 0.3 is 11.9 Å². The minimum absolute atomic E-state index is 0.142. The Balaban J connectivity index is 2.19. The lowest BCUT2D eigenvalue weighted by molar-refractivity contribution is -0.394. The molecule has 0 saturated carbocycles. The predicted octanol–water partition coefficient (Wildman–Crippen LogP) is 0.950. The summed E-state index contributed by atoms with van der Waals surface area (Å²) in [7, 11) is 1.33. The lowest BCUT2D eigenvalue weighted by Gasteiger charge is -2.06. The minimum atomic E-state index is -0.656. The molecular weight excluding hydrogens is 264 g/mol. The van der Waals surface area contributed by atoms with Gasteiger partial charge in [-0.15, -0.1) is 0 Å². The van der Waals surface area contributed by atoms with E-state index in [1.807, 2.05) is 18.2 Å². The fourth-order valence-corrected chi connectivity index (χ4v) is 1.73. The van der Waals surface area contributed by atoms with E-state index < -0.39 is 10.9 Å². The molecule has 20 heavy (non-hydrogen) atoms. The summed E-state index contributed by atoms with van der Waals surface area (Å²) >= 11 is 0. The number of aromatic nitrogens is 3. The van der Waals surface area contributed by atoms with Crippen molar-refractivity contribution >= 4 is 11.9 Å². The van der Waals surface area contributed by atoms with Gasteiger partial charge in [-0.25, -0.2) is 0 Å². The van der Waals surface area contributed by atoms with Gasteiger partial charge in [0.2, 0.25) is 6.33 Å². The number of ether oxygens (including phenoxy) is 1. The molecule has 0 N–H and O–H groups in total. The normalized spacial score (nSPS) is 10.2. The van der Waals surface area contributed by atoms with Crippen molar-refractivity contribution in [3.63, 3.8) is 0 Å². The van der Waals surface area contributed by atoms with E-state index in [9.17, 15) is 14.9 Å². The molecule has 0 saturated heterocycles. The van der Waals surface area contributed by atoms with Gasteiger partial charge in [-0.3, -0.25) is 4.79 Å². The van der Waals surface area contributed by atoms with Gasteiger partial charge in [0.05, 0.1) is 20.1 Å². The zero-order valence-corrected chi connectivity index (χ0v) is 10.7. The van der Waals surface area contributed by atoms with E-state index in [1.54, 1.807) is 6.07 Å². The fraction of sp³-hybridized carbons (Fsp3) is 0.250. The molecule has 0 bridgehead atoms. The summed E-state index contributed by atoms with van der Waals surface area (Å²) in [5.74, 6) is -0.794. The minimum Gasteiger partial charge on any atom is -0.469 e. The zero-order valence-electron chi connectivity index (χ0n) is 10.7. The van der Waals surface area contributed by atoms with Crippen molar-refractivity contribution in [1.29, 1.82) is 0 Å². The summed E-state index contributed by atoms with van der Waals surface area (Å²) in [5.41, 5.74) is 1.62. The maximum atomic E-state index is 11.3. The Morgan fingerprint density at radius 3 is 2.70 bits per heavy atom. The molecule has 0 atom stereocenters. The molecule has 104 valence electrons. The van der Waals surface area contributed by atoms with Crippen molar-refractivity contribution in [2.45, 2.75) is 13.0 Å². The summed E-state index contributed by atoms with van der Waals surface area (Å²) in [5, 5.41) is 14.3. The second kappa shape index (κ2) is 5.91. The average molecular weight is 276 g/mol.